The van der Waals surface area contributed by atoms with E-state index in [0.29, 0.717) is 0 Å². The first-order valence-electron chi connectivity index (χ1n) is 5.92. The summed E-state index contributed by atoms with van der Waals surface area (Å²) in [4.78, 5) is 22.1. The molecule has 0 radical (unpaired) electrons. The molecule has 0 aliphatic carbocycles. The lowest BCUT2D eigenvalue weighted by atomic mass is 10.2. The molecular formula is C12H17N3O4S. The highest BCUT2D eigenvalue weighted by Gasteiger charge is 2.07. The number of benzene rings is 1. The molecule has 0 aromatic heterocycles. The quantitative estimate of drug-likeness (QED) is 0.691. The Hall–Kier alpha value is -1.93. The molecule has 0 saturated heterocycles. The summed E-state index contributed by atoms with van der Waals surface area (Å²) >= 11 is 0. The zero-order valence-corrected chi connectivity index (χ0v) is 11.9. The van der Waals surface area contributed by atoms with E-state index in [4.69, 9.17) is 5.14 Å². The third kappa shape index (κ3) is 5.81. The van der Waals surface area contributed by atoms with Gasteiger partial charge in [0.1, 0.15) is 5.78 Å². The molecule has 1 aromatic carbocycles. The molecule has 0 saturated carbocycles. The summed E-state index contributed by atoms with van der Waals surface area (Å²) in [6.45, 7) is 1.98. The van der Waals surface area contributed by atoms with Crippen LogP contribution in [0.1, 0.15) is 18.9 Å². The number of sulfonamides is 1. The first kappa shape index (κ1) is 16.1. The summed E-state index contributed by atoms with van der Waals surface area (Å²) in [5, 5.41) is 10.1. The van der Waals surface area contributed by atoms with Gasteiger partial charge in [0.05, 0.1) is 4.90 Å². The smallest absolute Gasteiger partial charge is 0.315 e. The van der Waals surface area contributed by atoms with Crippen LogP contribution < -0.4 is 15.8 Å². The summed E-state index contributed by atoms with van der Waals surface area (Å²) in [5.74, 6) is 0.00360. The van der Waals surface area contributed by atoms with Gasteiger partial charge in [0.2, 0.25) is 10.0 Å². The number of hydrogen-bond acceptors (Lipinski definition) is 4. The van der Waals surface area contributed by atoms with Crippen molar-refractivity contribution in [3.63, 3.8) is 0 Å². The molecule has 0 bridgehead atoms. The number of Topliss-reactive ketones (excluding diaryl/α,β-unsaturated/α-hetero) is 1. The Morgan fingerprint density at radius 2 is 1.75 bits per heavy atom. The number of nitrogens with two attached hydrogens (primary N) is 1. The second-order valence-electron chi connectivity index (χ2n) is 4.25. The summed E-state index contributed by atoms with van der Waals surface area (Å²) < 4.78 is 22.1. The van der Waals surface area contributed by atoms with E-state index in [0.717, 1.165) is 5.56 Å². The van der Waals surface area contributed by atoms with Gasteiger partial charge in [0, 0.05) is 19.5 Å². The van der Waals surface area contributed by atoms with Crippen LogP contribution >= 0.6 is 0 Å². The molecule has 0 spiro atoms. The molecule has 0 fully saturated rings. The van der Waals surface area contributed by atoms with Gasteiger partial charge in [-0.1, -0.05) is 12.1 Å². The SMILES string of the molecule is CC(=O)CCNC(=O)NCc1ccc(S(N)(=O)=O)cc1. The molecule has 8 heteroatoms. The van der Waals surface area contributed by atoms with Crippen LogP contribution in [-0.4, -0.2) is 26.8 Å². The zero-order valence-electron chi connectivity index (χ0n) is 11.0. The molecule has 0 heterocycles. The topological polar surface area (TPSA) is 118 Å². The molecule has 20 heavy (non-hydrogen) atoms. The molecule has 0 atom stereocenters. The van der Waals surface area contributed by atoms with E-state index in [9.17, 15) is 18.0 Å². The van der Waals surface area contributed by atoms with Crippen LogP contribution in [0.3, 0.4) is 0 Å². The molecule has 4 N–H and O–H groups in total. The molecule has 1 aromatic rings. The van der Waals surface area contributed by atoms with Crippen molar-refractivity contribution < 1.29 is 18.0 Å². The van der Waals surface area contributed by atoms with Crippen molar-refractivity contribution in [2.75, 3.05) is 6.54 Å². The summed E-state index contributed by atoms with van der Waals surface area (Å²) in [5.41, 5.74) is 0.735. The van der Waals surface area contributed by atoms with Crippen molar-refractivity contribution in [1.82, 2.24) is 10.6 Å². The van der Waals surface area contributed by atoms with Crippen molar-refractivity contribution in [2.45, 2.75) is 24.8 Å². The van der Waals surface area contributed by atoms with Gasteiger partial charge in [-0.05, 0) is 24.6 Å². The minimum absolute atomic E-state index is 0.00360. The number of carbonyl (C=O) groups excluding carboxylic acids is 2. The van der Waals surface area contributed by atoms with Gasteiger partial charge in [-0.25, -0.2) is 18.4 Å². The lowest BCUT2D eigenvalue weighted by Gasteiger charge is -2.07. The van der Waals surface area contributed by atoms with Gasteiger partial charge in [-0.2, -0.15) is 0 Å². The molecule has 0 aliphatic rings. The van der Waals surface area contributed by atoms with E-state index < -0.39 is 10.0 Å². The summed E-state index contributed by atoms with van der Waals surface area (Å²) in [7, 11) is -3.70. The van der Waals surface area contributed by atoms with Gasteiger partial charge < -0.3 is 10.6 Å². The second kappa shape index (κ2) is 7.01. The van der Waals surface area contributed by atoms with Gasteiger partial charge in [0.15, 0.2) is 0 Å². The van der Waals surface area contributed by atoms with Crippen molar-refractivity contribution in [3.8, 4) is 0 Å². The Morgan fingerprint density at radius 3 is 2.25 bits per heavy atom. The Bertz CT molecular complexity index is 581. The second-order valence-corrected chi connectivity index (χ2v) is 5.81. The standard InChI is InChI=1S/C12H17N3O4S/c1-9(16)6-7-14-12(17)15-8-10-2-4-11(5-3-10)20(13,18)19/h2-5H,6-8H2,1H3,(H2,13,18,19)(H2,14,15,17). The van der Waals surface area contributed by atoms with Crippen molar-refractivity contribution in [3.05, 3.63) is 29.8 Å². The Balaban J connectivity index is 2.42. The lowest BCUT2D eigenvalue weighted by Crippen LogP contribution is -2.36. The van der Waals surface area contributed by atoms with Gasteiger partial charge in [0.25, 0.3) is 0 Å². The molecule has 0 aliphatic heterocycles. The van der Waals surface area contributed by atoms with Crippen LogP contribution in [0.2, 0.25) is 0 Å². The van der Waals surface area contributed by atoms with E-state index >= 15 is 0 Å². The predicted molar refractivity (Wildman–Crippen MR) is 73.4 cm³/mol. The molecule has 2 amide bonds. The normalized spacial score (nSPS) is 10.9. The number of amides is 2. The molecular weight excluding hydrogens is 282 g/mol. The first-order chi connectivity index (χ1) is 9.29. The Morgan fingerprint density at radius 1 is 1.15 bits per heavy atom. The fourth-order valence-corrected chi connectivity index (χ4v) is 1.91. The highest BCUT2D eigenvalue weighted by molar-refractivity contribution is 7.89. The maximum Gasteiger partial charge on any atom is 0.315 e. The minimum atomic E-state index is -3.70. The zero-order chi connectivity index (χ0) is 15.2. The van der Waals surface area contributed by atoms with E-state index in [1.807, 2.05) is 0 Å². The van der Waals surface area contributed by atoms with E-state index in [1.165, 1.54) is 19.1 Å². The van der Waals surface area contributed by atoms with Crippen LogP contribution in [0.25, 0.3) is 0 Å². The van der Waals surface area contributed by atoms with E-state index in [2.05, 4.69) is 10.6 Å². The maximum atomic E-state index is 11.4. The number of ketones is 1. The average molecular weight is 299 g/mol. The van der Waals surface area contributed by atoms with Crippen molar-refractivity contribution in [2.24, 2.45) is 5.14 Å². The van der Waals surface area contributed by atoms with Crippen molar-refractivity contribution in [1.29, 1.82) is 0 Å². The number of rotatable bonds is 6. The molecule has 7 nitrogen and oxygen atoms in total. The van der Waals surface area contributed by atoms with Crippen LogP contribution in [0.15, 0.2) is 29.2 Å². The Labute approximate surface area is 117 Å². The van der Waals surface area contributed by atoms with Crippen LogP contribution in [0.5, 0.6) is 0 Å². The fraction of sp³-hybridized carbons (Fsp3) is 0.333. The van der Waals surface area contributed by atoms with Crippen molar-refractivity contribution >= 4 is 21.8 Å². The number of nitrogens with one attached hydrogen (secondary N) is 2. The Kier molecular flexibility index (Phi) is 5.66. The first-order valence-corrected chi connectivity index (χ1v) is 7.46. The van der Waals surface area contributed by atoms with Crippen LogP contribution in [0.4, 0.5) is 4.79 Å². The van der Waals surface area contributed by atoms with E-state index in [-0.39, 0.29) is 36.2 Å². The number of carbonyl (C=O) groups is 2. The number of urea groups is 1. The average Bonchev–Trinajstić information content (AvgIpc) is 2.35. The lowest BCUT2D eigenvalue weighted by molar-refractivity contribution is -0.116. The summed E-state index contributed by atoms with van der Waals surface area (Å²) in [6, 6.07) is 5.49. The monoisotopic (exact) mass is 299 g/mol. The number of primary sulfonamides is 1. The maximum absolute atomic E-state index is 11.4. The third-order valence-corrected chi connectivity index (χ3v) is 3.40. The van der Waals surface area contributed by atoms with Crippen LogP contribution in [0, 0.1) is 0 Å². The third-order valence-electron chi connectivity index (χ3n) is 2.47. The highest BCUT2D eigenvalue weighted by Crippen LogP contribution is 2.08. The van der Waals surface area contributed by atoms with Crippen LogP contribution in [-0.2, 0) is 21.4 Å². The minimum Gasteiger partial charge on any atom is -0.338 e. The predicted octanol–water partition coefficient (Wildman–Crippen LogP) is 0.112. The largest absolute Gasteiger partial charge is 0.338 e. The van der Waals surface area contributed by atoms with Gasteiger partial charge in [-0.15, -0.1) is 0 Å². The molecule has 0 unspecified atom stereocenters. The van der Waals surface area contributed by atoms with E-state index in [1.54, 1.807) is 12.1 Å². The van der Waals surface area contributed by atoms with Gasteiger partial charge >= 0.3 is 6.03 Å². The highest BCUT2D eigenvalue weighted by atomic mass is 32.2. The summed E-state index contributed by atoms with van der Waals surface area (Å²) in [6.07, 6.45) is 0.288. The molecule has 110 valence electrons. The van der Waals surface area contributed by atoms with Gasteiger partial charge in [-0.3, -0.25) is 4.79 Å². The number of hydrogen-bond donors (Lipinski definition) is 3. The molecule has 1 rings (SSSR count). The fourth-order valence-electron chi connectivity index (χ4n) is 1.39.